The fraction of sp³-hybridized carbons (Fsp3) is 0.261. The number of carbonyl (C=O) groups excluding carboxylic acids is 2. The van der Waals surface area contributed by atoms with Crippen molar-refractivity contribution in [3.63, 3.8) is 0 Å². The van der Waals surface area contributed by atoms with Crippen LogP contribution < -0.4 is 14.8 Å². The second-order valence-corrected chi connectivity index (χ2v) is 8.82. The van der Waals surface area contributed by atoms with Gasteiger partial charge in [0.1, 0.15) is 4.32 Å². The third-order valence-corrected chi connectivity index (χ3v) is 6.38. The Hall–Kier alpha value is -2.84. The molecule has 2 aromatic carbocycles. The van der Waals surface area contributed by atoms with Crippen LogP contribution in [0.1, 0.15) is 30.9 Å². The molecule has 0 unspecified atom stereocenters. The third kappa shape index (κ3) is 5.08. The molecular weight excluding hydrogens is 432 g/mol. The van der Waals surface area contributed by atoms with Gasteiger partial charge >= 0.3 is 0 Å². The quantitative estimate of drug-likeness (QED) is 0.487. The van der Waals surface area contributed by atoms with E-state index in [9.17, 15) is 9.59 Å². The number of carbonyl (C=O) groups is 2. The molecule has 0 atom stereocenters. The van der Waals surface area contributed by atoms with Crippen LogP contribution in [-0.2, 0) is 16.0 Å². The first-order valence-electron chi connectivity index (χ1n) is 10.1. The van der Waals surface area contributed by atoms with E-state index in [0.717, 1.165) is 12.0 Å². The summed E-state index contributed by atoms with van der Waals surface area (Å²) < 4.78 is 11.1. The number of anilines is 1. The van der Waals surface area contributed by atoms with Gasteiger partial charge in [-0.15, -0.1) is 0 Å². The predicted octanol–water partition coefficient (Wildman–Crippen LogP) is 4.60. The van der Waals surface area contributed by atoms with Gasteiger partial charge in [-0.25, -0.2) is 0 Å². The molecular formula is C23H22N2O4S2. The molecule has 2 aliphatic heterocycles. The first-order valence-corrected chi connectivity index (χ1v) is 11.3. The number of thioether (sulfide) groups is 1. The van der Waals surface area contributed by atoms with Gasteiger partial charge in [0.2, 0.25) is 12.7 Å². The number of nitrogens with zero attached hydrogens (tertiary/aromatic N) is 1. The van der Waals surface area contributed by atoms with Crippen molar-refractivity contribution >= 4 is 51.9 Å². The van der Waals surface area contributed by atoms with Crippen LogP contribution in [0.4, 0.5) is 5.69 Å². The van der Waals surface area contributed by atoms with Crippen molar-refractivity contribution < 1.29 is 19.1 Å². The molecule has 2 heterocycles. The maximum atomic E-state index is 12.7. The zero-order chi connectivity index (χ0) is 21.8. The molecule has 1 fully saturated rings. The zero-order valence-corrected chi connectivity index (χ0v) is 18.7. The number of benzene rings is 2. The number of nitrogens with one attached hydrogen (secondary N) is 1. The molecule has 2 aliphatic rings. The molecule has 0 bridgehead atoms. The van der Waals surface area contributed by atoms with Gasteiger partial charge in [0, 0.05) is 24.7 Å². The molecule has 0 aliphatic carbocycles. The maximum absolute atomic E-state index is 12.7. The SMILES string of the molecule is CCc1ccc(C=C2SC(=S)N(CCCC(=O)Nc3ccc4c(c3)OCO4)C2=O)cc1. The first-order chi connectivity index (χ1) is 15.0. The normalized spacial score (nSPS) is 16.3. The topological polar surface area (TPSA) is 67.9 Å². The minimum atomic E-state index is -0.129. The number of amides is 2. The van der Waals surface area contributed by atoms with E-state index in [1.807, 2.05) is 18.2 Å². The van der Waals surface area contributed by atoms with Gasteiger partial charge in [0.05, 0.1) is 4.91 Å². The Morgan fingerprint density at radius 2 is 1.97 bits per heavy atom. The lowest BCUT2D eigenvalue weighted by Crippen LogP contribution is -2.29. The summed E-state index contributed by atoms with van der Waals surface area (Å²) in [4.78, 5) is 27.2. The van der Waals surface area contributed by atoms with E-state index in [4.69, 9.17) is 21.7 Å². The Labute approximate surface area is 190 Å². The fourth-order valence-corrected chi connectivity index (χ4v) is 4.60. The summed E-state index contributed by atoms with van der Waals surface area (Å²) in [5.74, 6) is 1.05. The van der Waals surface area contributed by atoms with Crippen LogP contribution in [0.15, 0.2) is 47.4 Å². The molecule has 1 saturated heterocycles. The monoisotopic (exact) mass is 454 g/mol. The molecule has 2 aromatic rings. The van der Waals surface area contributed by atoms with Gasteiger partial charge in [0.15, 0.2) is 11.5 Å². The van der Waals surface area contributed by atoms with Crippen molar-refractivity contribution in [3.8, 4) is 11.5 Å². The highest BCUT2D eigenvalue weighted by atomic mass is 32.2. The Balaban J connectivity index is 1.29. The summed E-state index contributed by atoms with van der Waals surface area (Å²) >= 11 is 6.68. The van der Waals surface area contributed by atoms with Crippen molar-refractivity contribution in [1.29, 1.82) is 0 Å². The molecule has 31 heavy (non-hydrogen) atoms. The summed E-state index contributed by atoms with van der Waals surface area (Å²) in [5.41, 5.74) is 2.88. The highest BCUT2D eigenvalue weighted by Gasteiger charge is 2.31. The third-order valence-electron chi connectivity index (χ3n) is 5.00. The van der Waals surface area contributed by atoms with Crippen molar-refractivity contribution in [3.05, 3.63) is 58.5 Å². The number of rotatable bonds is 7. The first kappa shape index (κ1) is 21.4. The Morgan fingerprint density at radius 3 is 2.74 bits per heavy atom. The van der Waals surface area contributed by atoms with Crippen LogP contribution >= 0.6 is 24.0 Å². The number of thiocarbonyl (C=S) groups is 1. The van der Waals surface area contributed by atoms with E-state index >= 15 is 0 Å². The standard InChI is InChI=1S/C23H22N2O4S2/c1-2-15-5-7-16(8-6-15)12-20-22(27)25(23(30)31-20)11-3-4-21(26)24-17-9-10-18-19(13-17)29-14-28-18/h5-10,12-13H,2-4,11,14H2,1H3,(H,24,26). The Kier molecular flexibility index (Phi) is 6.58. The zero-order valence-electron chi connectivity index (χ0n) is 17.1. The molecule has 0 aromatic heterocycles. The molecule has 4 rings (SSSR count). The van der Waals surface area contributed by atoms with Gasteiger partial charge < -0.3 is 14.8 Å². The van der Waals surface area contributed by atoms with E-state index in [2.05, 4.69) is 24.4 Å². The van der Waals surface area contributed by atoms with E-state index < -0.39 is 0 Å². The summed E-state index contributed by atoms with van der Waals surface area (Å²) in [6, 6.07) is 13.4. The van der Waals surface area contributed by atoms with Crippen molar-refractivity contribution in [2.24, 2.45) is 0 Å². The highest BCUT2D eigenvalue weighted by molar-refractivity contribution is 8.26. The van der Waals surface area contributed by atoms with Gasteiger partial charge in [-0.3, -0.25) is 14.5 Å². The average molecular weight is 455 g/mol. The molecule has 1 N–H and O–H groups in total. The van der Waals surface area contributed by atoms with Gasteiger partial charge in [0.25, 0.3) is 5.91 Å². The van der Waals surface area contributed by atoms with Crippen LogP contribution in [0.5, 0.6) is 11.5 Å². The summed E-state index contributed by atoms with van der Waals surface area (Å²) in [6.45, 7) is 2.70. The van der Waals surface area contributed by atoms with Crippen molar-refractivity contribution in [1.82, 2.24) is 4.90 Å². The Morgan fingerprint density at radius 1 is 1.19 bits per heavy atom. The molecule has 0 spiro atoms. The summed E-state index contributed by atoms with van der Waals surface area (Å²) in [7, 11) is 0. The average Bonchev–Trinajstić information content (AvgIpc) is 3.33. The number of hydrogen-bond donors (Lipinski definition) is 1. The van der Waals surface area contributed by atoms with Gasteiger partial charge in [-0.2, -0.15) is 0 Å². The summed E-state index contributed by atoms with van der Waals surface area (Å²) in [5, 5.41) is 2.84. The Bertz CT molecular complexity index is 1050. The summed E-state index contributed by atoms with van der Waals surface area (Å²) in [6.07, 6.45) is 3.64. The van der Waals surface area contributed by atoms with Crippen molar-refractivity contribution in [2.45, 2.75) is 26.2 Å². The maximum Gasteiger partial charge on any atom is 0.266 e. The number of hydrogen-bond acceptors (Lipinski definition) is 6. The second kappa shape index (κ2) is 9.53. The lowest BCUT2D eigenvalue weighted by atomic mass is 10.1. The van der Waals surface area contributed by atoms with E-state index in [1.54, 1.807) is 23.1 Å². The molecule has 160 valence electrons. The number of ether oxygens (including phenoxy) is 2. The van der Waals surface area contributed by atoms with Gasteiger partial charge in [-0.1, -0.05) is 55.2 Å². The molecule has 0 saturated carbocycles. The van der Waals surface area contributed by atoms with Crippen LogP contribution in [0.25, 0.3) is 6.08 Å². The smallest absolute Gasteiger partial charge is 0.266 e. The van der Waals surface area contributed by atoms with Gasteiger partial charge in [-0.05, 0) is 42.2 Å². The lowest BCUT2D eigenvalue weighted by Gasteiger charge is -2.14. The second-order valence-electron chi connectivity index (χ2n) is 7.15. The van der Waals surface area contributed by atoms with E-state index in [0.29, 0.717) is 39.4 Å². The molecule has 6 nitrogen and oxygen atoms in total. The molecule has 2 amide bonds. The van der Waals surface area contributed by atoms with E-state index in [1.165, 1.54) is 17.3 Å². The lowest BCUT2D eigenvalue weighted by molar-refractivity contribution is -0.122. The highest BCUT2D eigenvalue weighted by Crippen LogP contribution is 2.34. The molecule has 0 radical (unpaired) electrons. The predicted molar refractivity (Wildman–Crippen MR) is 126 cm³/mol. The van der Waals surface area contributed by atoms with E-state index in [-0.39, 0.29) is 25.0 Å². The number of fused-ring (bicyclic) bond motifs is 1. The van der Waals surface area contributed by atoms with Crippen molar-refractivity contribution in [2.75, 3.05) is 18.7 Å². The molecule has 8 heteroatoms. The minimum Gasteiger partial charge on any atom is -0.454 e. The van der Waals surface area contributed by atoms with Crippen LogP contribution in [0.3, 0.4) is 0 Å². The fourth-order valence-electron chi connectivity index (χ4n) is 3.29. The van der Waals surface area contributed by atoms with Crippen LogP contribution in [0, 0.1) is 0 Å². The number of aryl methyl sites for hydroxylation is 1. The van der Waals surface area contributed by atoms with Crippen LogP contribution in [-0.4, -0.2) is 34.4 Å². The minimum absolute atomic E-state index is 0.106. The largest absolute Gasteiger partial charge is 0.454 e. The van der Waals surface area contributed by atoms with Crippen LogP contribution in [0.2, 0.25) is 0 Å².